The molecular weight excluding hydrogens is 212 g/mol. The summed E-state index contributed by atoms with van der Waals surface area (Å²) in [4.78, 5) is 20.1. The van der Waals surface area contributed by atoms with Crippen molar-refractivity contribution < 1.29 is 24.2 Å². The van der Waals surface area contributed by atoms with Crippen LogP contribution in [-0.4, -0.2) is 36.9 Å². The number of rotatable bonds is 6. The average Bonchev–Trinajstić information content (AvgIpc) is 2.22. The maximum Gasteiger partial charge on any atom is 0.302 e. The third-order valence-electron chi connectivity index (χ3n) is 1.26. The fourth-order valence-corrected chi connectivity index (χ4v) is 0.606. The Kier molecular flexibility index (Phi) is 14.5. The van der Waals surface area contributed by atoms with E-state index < -0.39 is 0 Å². The first-order valence-electron chi connectivity index (χ1n) is 5.03. The van der Waals surface area contributed by atoms with Crippen LogP contribution in [0.2, 0.25) is 0 Å². The summed E-state index contributed by atoms with van der Waals surface area (Å²) in [6.45, 7) is 7.00. The van der Waals surface area contributed by atoms with Crippen molar-refractivity contribution in [2.24, 2.45) is 0 Å². The van der Waals surface area contributed by atoms with Crippen molar-refractivity contribution in [3.8, 4) is 0 Å². The highest BCUT2D eigenvalue weighted by atomic mass is 16.5. The van der Waals surface area contributed by atoms with Crippen molar-refractivity contribution in [3.63, 3.8) is 0 Å². The Bertz CT molecular complexity index is 201. The molecule has 0 saturated carbocycles. The molecule has 0 aliphatic rings. The number of esters is 2. The Morgan fingerprint density at radius 2 is 1.75 bits per heavy atom. The molecule has 0 unspecified atom stereocenters. The van der Waals surface area contributed by atoms with E-state index in [1.54, 1.807) is 0 Å². The van der Waals surface area contributed by atoms with Crippen LogP contribution in [0.25, 0.3) is 0 Å². The summed E-state index contributed by atoms with van der Waals surface area (Å²) in [5.74, 6) is -0.521. The predicted octanol–water partition coefficient (Wildman–Crippen LogP) is 1.06. The quantitative estimate of drug-likeness (QED) is 0.421. The maximum absolute atomic E-state index is 10.1. The van der Waals surface area contributed by atoms with Crippen LogP contribution in [0.3, 0.4) is 0 Å². The number of hydrogen-bond acceptors (Lipinski definition) is 5. The molecule has 0 spiro atoms. The zero-order chi connectivity index (χ0) is 12.8. The smallest absolute Gasteiger partial charge is 0.302 e. The van der Waals surface area contributed by atoms with Gasteiger partial charge in [-0.05, 0) is 12.8 Å². The SMILES string of the molecule is C=CCOC(C)=O.CC(=O)OCCCCO. The predicted molar refractivity (Wildman–Crippen MR) is 59.8 cm³/mol. The maximum atomic E-state index is 10.1. The lowest BCUT2D eigenvalue weighted by molar-refractivity contribution is -0.141. The summed E-state index contributed by atoms with van der Waals surface area (Å²) >= 11 is 0. The second-order valence-corrected chi connectivity index (χ2v) is 2.86. The van der Waals surface area contributed by atoms with Gasteiger partial charge in [0.2, 0.25) is 0 Å². The van der Waals surface area contributed by atoms with Crippen LogP contribution in [0.1, 0.15) is 26.7 Å². The lowest BCUT2D eigenvalue weighted by Crippen LogP contribution is -2.00. The molecule has 0 aromatic heterocycles. The van der Waals surface area contributed by atoms with Crippen molar-refractivity contribution in [1.29, 1.82) is 0 Å². The molecular formula is C11H20O5. The molecule has 0 atom stereocenters. The van der Waals surface area contributed by atoms with Crippen LogP contribution in [0.15, 0.2) is 12.7 Å². The first-order valence-corrected chi connectivity index (χ1v) is 5.03. The van der Waals surface area contributed by atoms with Crippen molar-refractivity contribution in [2.45, 2.75) is 26.7 Å². The van der Waals surface area contributed by atoms with Gasteiger partial charge in [0.1, 0.15) is 6.61 Å². The van der Waals surface area contributed by atoms with Gasteiger partial charge in [0.15, 0.2) is 0 Å². The van der Waals surface area contributed by atoms with E-state index in [1.165, 1.54) is 19.9 Å². The highest BCUT2D eigenvalue weighted by Crippen LogP contribution is 1.87. The summed E-state index contributed by atoms with van der Waals surface area (Å²) in [6.07, 6.45) is 2.98. The monoisotopic (exact) mass is 232 g/mol. The lowest BCUT2D eigenvalue weighted by atomic mass is 10.3. The highest BCUT2D eigenvalue weighted by Gasteiger charge is 1.90. The van der Waals surface area contributed by atoms with Gasteiger partial charge < -0.3 is 14.6 Å². The summed E-state index contributed by atoms with van der Waals surface area (Å²) in [6, 6.07) is 0. The first-order chi connectivity index (χ1) is 7.54. The molecule has 5 nitrogen and oxygen atoms in total. The molecule has 0 amide bonds. The Labute approximate surface area is 96.0 Å². The molecule has 0 aliphatic heterocycles. The van der Waals surface area contributed by atoms with E-state index >= 15 is 0 Å². The third kappa shape index (κ3) is 22.9. The van der Waals surface area contributed by atoms with Crippen LogP contribution in [0, 0.1) is 0 Å². The summed E-state index contributed by atoms with van der Waals surface area (Å²) < 4.78 is 9.03. The minimum absolute atomic E-state index is 0.168. The van der Waals surface area contributed by atoms with Crippen LogP contribution < -0.4 is 0 Å². The van der Waals surface area contributed by atoms with E-state index in [0.29, 0.717) is 19.6 Å². The van der Waals surface area contributed by atoms with E-state index in [-0.39, 0.29) is 18.5 Å². The second kappa shape index (κ2) is 13.6. The number of aliphatic hydroxyl groups is 1. The Balaban J connectivity index is 0. The molecule has 1 N–H and O–H groups in total. The van der Waals surface area contributed by atoms with Crippen molar-refractivity contribution in [1.82, 2.24) is 0 Å². The summed E-state index contributed by atoms with van der Waals surface area (Å²) in [5.41, 5.74) is 0. The molecule has 0 aliphatic carbocycles. The molecule has 0 heterocycles. The van der Waals surface area contributed by atoms with Crippen LogP contribution in [-0.2, 0) is 19.1 Å². The van der Waals surface area contributed by atoms with Crippen molar-refractivity contribution in [2.75, 3.05) is 19.8 Å². The van der Waals surface area contributed by atoms with Crippen LogP contribution >= 0.6 is 0 Å². The number of aliphatic hydroxyl groups excluding tert-OH is 1. The van der Waals surface area contributed by atoms with E-state index in [0.717, 1.165) is 6.42 Å². The zero-order valence-corrected chi connectivity index (χ0v) is 9.90. The number of hydrogen-bond donors (Lipinski definition) is 1. The fourth-order valence-electron chi connectivity index (χ4n) is 0.606. The van der Waals surface area contributed by atoms with Gasteiger partial charge in [0, 0.05) is 20.5 Å². The minimum Gasteiger partial charge on any atom is -0.466 e. The van der Waals surface area contributed by atoms with Gasteiger partial charge in [-0.25, -0.2) is 0 Å². The number of unbranched alkanes of at least 4 members (excludes halogenated alkanes) is 1. The molecule has 5 heteroatoms. The molecule has 0 aromatic carbocycles. The summed E-state index contributed by atoms with van der Waals surface area (Å²) in [5, 5.41) is 8.29. The molecule has 0 aromatic rings. The van der Waals surface area contributed by atoms with E-state index in [2.05, 4.69) is 16.1 Å². The van der Waals surface area contributed by atoms with Crippen LogP contribution in [0.5, 0.6) is 0 Å². The third-order valence-corrected chi connectivity index (χ3v) is 1.26. The number of ether oxygens (including phenoxy) is 2. The molecule has 0 rings (SSSR count). The van der Waals surface area contributed by atoms with Gasteiger partial charge >= 0.3 is 11.9 Å². The van der Waals surface area contributed by atoms with Gasteiger partial charge in [0.05, 0.1) is 6.61 Å². The van der Waals surface area contributed by atoms with Gasteiger partial charge in [-0.3, -0.25) is 9.59 Å². The molecule has 16 heavy (non-hydrogen) atoms. The molecule has 0 saturated heterocycles. The van der Waals surface area contributed by atoms with Gasteiger partial charge in [0.25, 0.3) is 0 Å². The molecule has 0 bridgehead atoms. The van der Waals surface area contributed by atoms with Gasteiger partial charge in [-0.2, -0.15) is 0 Å². The number of carbonyl (C=O) groups excluding carboxylic acids is 2. The Morgan fingerprint density at radius 3 is 2.06 bits per heavy atom. The standard InChI is InChI=1S/C6H12O3.C5H8O2/c1-6(8)9-5-3-2-4-7;1-3-4-7-5(2)6/h7H,2-5H2,1H3;3H,1,4H2,2H3. The van der Waals surface area contributed by atoms with Gasteiger partial charge in [-0.15, -0.1) is 0 Å². The van der Waals surface area contributed by atoms with E-state index in [9.17, 15) is 9.59 Å². The average molecular weight is 232 g/mol. The largest absolute Gasteiger partial charge is 0.466 e. The van der Waals surface area contributed by atoms with E-state index in [4.69, 9.17) is 5.11 Å². The van der Waals surface area contributed by atoms with E-state index in [1.807, 2.05) is 0 Å². The lowest BCUT2D eigenvalue weighted by Gasteiger charge is -1.97. The van der Waals surface area contributed by atoms with Crippen molar-refractivity contribution in [3.05, 3.63) is 12.7 Å². The fraction of sp³-hybridized carbons (Fsp3) is 0.636. The Morgan fingerprint density at radius 1 is 1.19 bits per heavy atom. The molecule has 0 fully saturated rings. The van der Waals surface area contributed by atoms with Crippen LogP contribution in [0.4, 0.5) is 0 Å². The Hall–Kier alpha value is -1.36. The van der Waals surface area contributed by atoms with Gasteiger partial charge in [-0.1, -0.05) is 12.7 Å². The van der Waals surface area contributed by atoms with Crippen molar-refractivity contribution >= 4 is 11.9 Å². The first kappa shape index (κ1) is 17.0. The topological polar surface area (TPSA) is 72.8 Å². The normalized spacial score (nSPS) is 8.44. The molecule has 0 radical (unpaired) electrons. The zero-order valence-electron chi connectivity index (χ0n) is 9.90. The second-order valence-electron chi connectivity index (χ2n) is 2.86. The summed E-state index contributed by atoms with van der Waals surface area (Å²) in [7, 11) is 0. The highest BCUT2D eigenvalue weighted by molar-refractivity contribution is 5.66. The number of carbonyl (C=O) groups is 2. The minimum atomic E-state index is -0.264. The molecule has 94 valence electrons.